The van der Waals surface area contributed by atoms with Gasteiger partial charge in [0, 0.05) is 15.7 Å². The second kappa shape index (κ2) is 7.38. The Morgan fingerprint density at radius 1 is 1.23 bits per heavy atom. The molecule has 0 unspecified atom stereocenters. The molecule has 1 aromatic carbocycles. The first-order valence-electron chi connectivity index (χ1n) is 8.16. The molecule has 0 bridgehead atoms. The van der Waals surface area contributed by atoms with Crippen molar-refractivity contribution in [2.45, 2.75) is 44.8 Å². The fourth-order valence-corrected chi connectivity index (χ4v) is 3.46. The highest BCUT2D eigenvalue weighted by atomic mass is 79.9. The number of anilines is 1. The highest BCUT2D eigenvalue weighted by Gasteiger charge is 2.39. The maximum absolute atomic E-state index is 13.8. The monoisotopic (exact) mass is 433 g/mol. The van der Waals surface area contributed by atoms with E-state index in [9.17, 15) is 22.4 Å². The zero-order chi connectivity index (χ0) is 18.9. The second-order valence-electron chi connectivity index (χ2n) is 6.16. The normalized spacial score (nSPS) is 14.7. The average molecular weight is 434 g/mol. The Hall–Kier alpha value is -1.90. The van der Waals surface area contributed by atoms with Crippen molar-refractivity contribution in [1.29, 1.82) is 0 Å². The number of aromatic nitrogens is 2. The van der Waals surface area contributed by atoms with Crippen LogP contribution in [0.5, 0.6) is 0 Å². The molecule has 0 radical (unpaired) electrons. The molecule has 0 fully saturated rings. The smallest absolute Gasteiger partial charge is 0.322 e. The van der Waals surface area contributed by atoms with E-state index >= 15 is 0 Å². The molecule has 9 heteroatoms. The molecule has 26 heavy (non-hydrogen) atoms. The van der Waals surface area contributed by atoms with Gasteiger partial charge < -0.3 is 5.32 Å². The van der Waals surface area contributed by atoms with E-state index in [-0.39, 0.29) is 11.3 Å². The van der Waals surface area contributed by atoms with Crippen LogP contribution in [-0.4, -0.2) is 15.7 Å². The molecule has 1 amide bonds. The molecule has 1 N–H and O–H groups in total. The number of nitrogens with one attached hydrogen (secondary N) is 1. The summed E-state index contributed by atoms with van der Waals surface area (Å²) in [4.78, 5) is 12.2. The molecule has 2 aromatic rings. The molecule has 0 saturated heterocycles. The summed E-state index contributed by atoms with van der Waals surface area (Å²) in [6, 6.07) is 4.12. The molecule has 0 spiro atoms. The number of halogens is 5. The van der Waals surface area contributed by atoms with Crippen molar-refractivity contribution in [2.24, 2.45) is 0 Å². The van der Waals surface area contributed by atoms with Gasteiger partial charge in [0.2, 0.25) is 5.91 Å². The molecule has 0 saturated carbocycles. The Labute approximate surface area is 155 Å². The van der Waals surface area contributed by atoms with E-state index in [1.807, 2.05) is 0 Å². The van der Waals surface area contributed by atoms with Gasteiger partial charge in [-0.15, -0.1) is 0 Å². The minimum atomic E-state index is -4.56. The number of hydrogen-bond donors (Lipinski definition) is 1. The van der Waals surface area contributed by atoms with Crippen LogP contribution in [0.1, 0.15) is 36.2 Å². The first-order chi connectivity index (χ1) is 12.3. The lowest BCUT2D eigenvalue weighted by Gasteiger charge is -2.09. The highest BCUT2D eigenvalue weighted by Crippen LogP contribution is 2.35. The fraction of sp³-hybridized carbons (Fsp3) is 0.412. The van der Waals surface area contributed by atoms with E-state index in [0.29, 0.717) is 29.4 Å². The Balaban J connectivity index is 1.85. The number of hydrogen-bond acceptors (Lipinski definition) is 2. The number of nitrogens with zero attached hydrogens (tertiary/aromatic N) is 2. The van der Waals surface area contributed by atoms with Crippen LogP contribution in [0.3, 0.4) is 0 Å². The molecule has 0 aliphatic heterocycles. The van der Waals surface area contributed by atoms with Crippen molar-refractivity contribution in [1.82, 2.24) is 9.78 Å². The number of carbonyl (C=O) groups excluding carboxylic acids is 1. The zero-order valence-electron chi connectivity index (χ0n) is 13.7. The van der Waals surface area contributed by atoms with Crippen molar-refractivity contribution in [3.8, 4) is 0 Å². The van der Waals surface area contributed by atoms with Gasteiger partial charge in [0.25, 0.3) is 0 Å². The van der Waals surface area contributed by atoms with Gasteiger partial charge in [-0.25, -0.2) is 4.39 Å². The summed E-state index contributed by atoms with van der Waals surface area (Å²) in [6.45, 7) is -0.395. The van der Waals surface area contributed by atoms with Gasteiger partial charge in [-0.05, 0) is 43.9 Å². The van der Waals surface area contributed by atoms with Gasteiger partial charge in [0.15, 0.2) is 5.69 Å². The summed E-state index contributed by atoms with van der Waals surface area (Å²) in [5.41, 5.74) is -0.330. The molecular weight excluding hydrogens is 418 g/mol. The number of fused-ring (bicyclic) bond motifs is 1. The number of benzene rings is 1. The van der Waals surface area contributed by atoms with Crippen LogP contribution in [0, 0.1) is 5.82 Å². The Morgan fingerprint density at radius 3 is 2.65 bits per heavy atom. The van der Waals surface area contributed by atoms with Crippen LogP contribution >= 0.6 is 15.9 Å². The topological polar surface area (TPSA) is 46.9 Å². The van der Waals surface area contributed by atoms with Crippen molar-refractivity contribution < 1.29 is 22.4 Å². The predicted octanol–water partition coefficient (Wildman–Crippen LogP) is 4.71. The lowest BCUT2D eigenvalue weighted by Crippen LogP contribution is -2.22. The van der Waals surface area contributed by atoms with Gasteiger partial charge in [-0.3, -0.25) is 9.48 Å². The first-order valence-corrected chi connectivity index (χ1v) is 8.95. The third-order valence-corrected chi connectivity index (χ3v) is 4.77. The standard InChI is InChI=1S/C17H16BrF4N3O/c18-10-6-7-13(12(19)8-10)23-15(26)9-25-14-5-3-1-2-4-11(14)16(24-25)17(20,21)22/h6-8H,1-5,9H2,(H,23,26). The maximum atomic E-state index is 13.8. The van der Waals surface area contributed by atoms with Crippen molar-refractivity contribution in [3.05, 3.63) is 45.4 Å². The van der Waals surface area contributed by atoms with Crippen LogP contribution in [-0.2, 0) is 30.4 Å². The minimum Gasteiger partial charge on any atom is -0.322 e. The van der Waals surface area contributed by atoms with Gasteiger partial charge >= 0.3 is 6.18 Å². The van der Waals surface area contributed by atoms with Gasteiger partial charge in [0.05, 0.1) is 5.69 Å². The van der Waals surface area contributed by atoms with Gasteiger partial charge in [-0.1, -0.05) is 22.4 Å². The third kappa shape index (κ3) is 4.08. The van der Waals surface area contributed by atoms with Crippen LogP contribution in [0.25, 0.3) is 0 Å². The van der Waals surface area contributed by atoms with Crippen LogP contribution in [0.15, 0.2) is 22.7 Å². The Bertz CT molecular complexity index is 832. The van der Waals surface area contributed by atoms with Crippen LogP contribution in [0.2, 0.25) is 0 Å². The predicted molar refractivity (Wildman–Crippen MR) is 91.2 cm³/mol. The maximum Gasteiger partial charge on any atom is 0.435 e. The number of alkyl halides is 3. The number of amides is 1. The lowest BCUT2D eigenvalue weighted by molar-refractivity contribution is -0.142. The molecular formula is C17H16BrF4N3O. The van der Waals surface area contributed by atoms with E-state index in [1.165, 1.54) is 12.1 Å². The van der Waals surface area contributed by atoms with Crippen molar-refractivity contribution in [2.75, 3.05) is 5.32 Å². The van der Waals surface area contributed by atoms with E-state index in [1.54, 1.807) is 6.07 Å². The quantitative estimate of drug-likeness (QED) is 0.562. The van der Waals surface area contributed by atoms with E-state index in [4.69, 9.17) is 0 Å². The summed E-state index contributed by atoms with van der Waals surface area (Å²) >= 11 is 3.11. The minimum absolute atomic E-state index is 0.0347. The van der Waals surface area contributed by atoms with Crippen LogP contribution in [0.4, 0.5) is 23.2 Å². The molecule has 0 atom stereocenters. The largest absolute Gasteiger partial charge is 0.435 e. The second-order valence-corrected chi connectivity index (χ2v) is 7.08. The van der Waals surface area contributed by atoms with E-state index in [0.717, 1.165) is 17.5 Å². The molecule has 1 aromatic heterocycles. The third-order valence-electron chi connectivity index (χ3n) is 4.27. The molecule has 1 aliphatic rings. The molecule has 140 valence electrons. The summed E-state index contributed by atoms with van der Waals surface area (Å²) < 4.78 is 55.2. The van der Waals surface area contributed by atoms with E-state index < -0.39 is 30.1 Å². The van der Waals surface area contributed by atoms with Crippen molar-refractivity contribution in [3.63, 3.8) is 0 Å². The van der Waals surface area contributed by atoms with Crippen LogP contribution < -0.4 is 5.32 Å². The average Bonchev–Trinajstić information content (AvgIpc) is 2.73. The van der Waals surface area contributed by atoms with Crippen molar-refractivity contribution >= 4 is 27.5 Å². The van der Waals surface area contributed by atoms with E-state index in [2.05, 4.69) is 26.3 Å². The summed E-state index contributed by atoms with van der Waals surface area (Å²) in [5.74, 6) is -1.27. The lowest BCUT2D eigenvalue weighted by atomic mass is 10.1. The first kappa shape index (κ1) is 18.9. The molecule has 3 rings (SSSR count). The number of carbonyl (C=O) groups is 1. The van der Waals surface area contributed by atoms with Gasteiger partial charge in [0.1, 0.15) is 12.4 Å². The Kier molecular flexibility index (Phi) is 5.36. The molecule has 4 nitrogen and oxygen atoms in total. The summed E-state index contributed by atoms with van der Waals surface area (Å²) in [6.07, 6.45) is -1.57. The highest BCUT2D eigenvalue weighted by molar-refractivity contribution is 9.10. The summed E-state index contributed by atoms with van der Waals surface area (Å²) in [5, 5.41) is 6.03. The molecule has 1 aliphatic carbocycles. The number of rotatable bonds is 3. The zero-order valence-corrected chi connectivity index (χ0v) is 15.3. The molecule has 1 heterocycles. The van der Waals surface area contributed by atoms with Gasteiger partial charge in [-0.2, -0.15) is 18.3 Å². The SMILES string of the molecule is O=C(Cn1nc(C(F)(F)F)c2c1CCCCC2)Nc1ccc(Br)cc1F. The Morgan fingerprint density at radius 2 is 1.96 bits per heavy atom. The summed E-state index contributed by atoms with van der Waals surface area (Å²) in [7, 11) is 0. The fourth-order valence-electron chi connectivity index (χ4n) is 3.12.